The summed E-state index contributed by atoms with van der Waals surface area (Å²) in [5, 5.41) is 1.17. The number of nitrogens with one attached hydrogen (secondary N) is 1. The maximum absolute atomic E-state index is 12.7. The molecule has 1 saturated carbocycles. The van der Waals surface area contributed by atoms with Gasteiger partial charge in [-0.15, -0.1) is 0 Å². The van der Waals surface area contributed by atoms with Crippen LogP contribution < -0.4 is 0 Å². The van der Waals surface area contributed by atoms with Gasteiger partial charge in [0.05, 0.1) is 0 Å². The maximum atomic E-state index is 12.7. The van der Waals surface area contributed by atoms with E-state index in [4.69, 9.17) is 4.98 Å². The number of ketones is 1. The van der Waals surface area contributed by atoms with E-state index in [1.807, 2.05) is 0 Å². The van der Waals surface area contributed by atoms with Gasteiger partial charge in [-0.1, -0.05) is 12.1 Å². The van der Waals surface area contributed by atoms with Crippen LogP contribution in [0.25, 0.3) is 22.2 Å². The summed E-state index contributed by atoms with van der Waals surface area (Å²) in [6.07, 6.45) is 7.44. The normalized spacial score (nSPS) is 21.5. The first-order valence-electron chi connectivity index (χ1n) is 10.5. The molecule has 0 radical (unpaired) electrons. The lowest BCUT2D eigenvalue weighted by Crippen LogP contribution is -2.39. The fourth-order valence-electron chi connectivity index (χ4n) is 5.25. The second kappa shape index (κ2) is 5.77. The van der Waals surface area contributed by atoms with Crippen molar-refractivity contribution in [1.29, 1.82) is 0 Å². The molecule has 0 atom stereocenters. The molecule has 1 saturated heterocycles. The summed E-state index contributed by atoms with van der Waals surface area (Å²) < 4.78 is 0. The Labute approximate surface area is 165 Å². The molecule has 1 N–H and O–H groups in total. The zero-order chi connectivity index (χ0) is 18.9. The molecule has 142 valence electrons. The summed E-state index contributed by atoms with van der Waals surface area (Å²) in [5.74, 6) is 0.979. The number of hydrogen-bond donors (Lipinski definition) is 1. The van der Waals surface area contributed by atoms with E-state index in [9.17, 15) is 4.79 Å². The second-order valence-corrected chi connectivity index (χ2v) is 9.05. The van der Waals surface area contributed by atoms with E-state index in [1.54, 1.807) is 0 Å². The molecule has 1 aliphatic heterocycles. The molecule has 0 unspecified atom stereocenters. The highest BCUT2D eigenvalue weighted by Gasteiger charge is 2.44. The van der Waals surface area contributed by atoms with E-state index in [0.717, 1.165) is 37.1 Å². The molecule has 28 heavy (non-hydrogen) atoms. The Morgan fingerprint density at radius 1 is 1.11 bits per heavy atom. The molecular formula is C24H25N3O. The number of carbonyl (C=O) groups is 1. The van der Waals surface area contributed by atoms with Crippen molar-refractivity contribution >= 4 is 16.8 Å². The fourth-order valence-corrected chi connectivity index (χ4v) is 5.25. The molecule has 1 spiro atoms. The minimum Gasteiger partial charge on any atom is -0.346 e. The number of H-pyrrole nitrogens is 1. The average molecular weight is 371 g/mol. The Morgan fingerprint density at radius 2 is 1.93 bits per heavy atom. The van der Waals surface area contributed by atoms with Gasteiger partial charge in [0, 0.05) is 46.2 Å². The molecule has 2 aliphatic carbocycles. The first kappa shape index (κ1) is 16.5. The van der Waals surface area contributed by atoms with Crippen molar-refractivity contribution in [1.82, 2.24) is 14.9 Å². The smallest absolute Gasteiger partial charge is 0.164 e. The third kappa shape index (κ3) is 2.40. The summed E-state index contributed by atoms with van der Waals surface area (Å²) >= 11 is 0. The molecule has 2 fully saturated rings. The van der Waals surface area contributed by atoms with E-state index in [0.29, 0.717) is 18.1 Å². The summed E-state index contributed by atoms with van der Waals surface area (Å²) in [7, 11) is 2.18. The van der Waals surface area contributed by atoms with E-state index in [2.05, 4.69) is 53.5 Å². The van der Waals surface area contributed by atoms with Crippen molar-refractivity contribution in [3.63, 3.8) is 0 Å². The first-order chi connectivity index (χ1) is 13.6. The number of Topliss-reactive ketones (excluding diaryl/α,β-unsaturated/α-hetero) is 1. The van der Waals surface area contributed by atoms with Gasteiger partial charge in [0.25, 0.3) is 0 Å². The third-order valence-corrected chi connectivity index (χ3v) is 7.20. The van der Waals surface area contributed by atoms with Crippen LogP contribution in [0, 0.1) is 0 Å². The number of benzene rings is 1. The van der Waals surface area contributed by atoms with Crippen LogP contribution in [0.4, 0.5) is 0 Å². The highest BCUT2D eigenvalue weighted by atomic mass is 16.1. The van der Waals surface area contributed by atoms with Crippen LogP contribution in [0.15, 0.2) is 36.5 Å². The Hall–Kier alpha value is -2.46. The largest absolute Gasteiger partial charge is 0.346 e. The van der Waals surface area contributed by atoms with Gasteiger partial charge in [0.1, 0.15) is 5.65 Å². The molecule has 1 aromatic carbocycles. The Morgan fingerprint density at radius 3 is 2.71 bits per heavy atom. The number of pyridine rings is 1. The number of piperidine rings is 1. The summed E-state index contributed by atoms with van der Waals surface area (Å²) in [6.45, 7) is 2.13. The van der Waals surface area contributed by atoms with Crippen molar-refractivity contribution in [2.75, 3.05) is 20.1 Å². The van der Waals surface area contributed by atoms with E-state index in [1.165, 1.54) is 40.6 Å². The molecule has 0 bridgehead atoms. The lowest BCUT2D eigenvalue weighted by atomic mass is 9.73. The van der Waals surface area contributed by atoms with Gasteiger partial charge in [0.2, 0.25) is 0 Å². The zero-order valence-electron chi connectivity index (χ0n) is 16.3. The van der Waals surface area contributed by atoms with Crippen LogP contribution in [0.3, 0.4) is 0 Å². The fraction of sp³-hybridized carbons (Fsp3) is 0.417. The summed E-state index contributed by atoms with van der Waals surface area (Å²) in [6, 6.07) is 10.9. The van der Waals surface area contributed by atoms with Gasteiger partial charge in [-0.25, -0.2) is 4.98 Å². The minimum absolute atomic E-state index is 0.0401. The maximum Gasteiger partial charge on any atom is 0.164 e. The molecule has 0 amide bonds. The predicted molar refractivity (Wildman–Crippen MR) is 111 cm³/mol. The van der Waals surface area contributed by atoms with Crippen molar-refractivity contribution in [2.24, 2.45) is 0 Å². The van der Waals surface area contributed by atoms with E-state index < -0.39 is 0 Å². The van der Waals surface area contributed by atoms with Crippen LogP contribution in [-0.4, -0.2) is 40.8 Å². The predicted octanol–water partition coefficient (Wildman–Crippen LogP) is 4.66. The molecule has 3 aromatic rings. The highest BCUT2D eigenvalue weighted by Crippen LogP contribution is 2.47. The van der Waals surface area contributed by atoms with E-state index >= 15 is 0 Å². The number of carbonyl (C=O) groups excluding carboxylic acids is 1. The third-order valence-electron chi connectivity index (χ3n) is 7.20. The number of nitrogens with zero attached hydrogens (tertiary/aromatic N) is 2. The Balaban J connectivity index is 1.44. The van der Waals surface area contributed by atoms with Crippen molar-refractivity contribution in [2.45, 2.75) is 43.4 Å². The number of likely N-dealkylation sites (tertiary alicyclic amines) is 1. The van der Waals surface area contributed by atoms with Gasteiger partial charge >= 0.3 is 0 Å². The van der Waals surface area contributed by atoms with Gasteiger partial charge in [-0.05, 0) is 75.1 Å². The monoisotopic (exact) mass is 371 g/mol. The molecule has 3 aliphatic rings. The minimum atomic E-state index is 0.0401. The number of rotatable bonds is 2. The molecule has 3 heterocycles. The molecule has 4 nitrogen and oxygen atoms in total. The zero-order valence-corrected chi connectivity index (χ0v) is 16.3. The van der Waals surface area contributed by atoms with Crippen LogP contribution >= 0.6 is 0 Å². The first-order valence-corrected chi connectivity index (χ1v) is 10.5. The van der Waals surface area contributed by atoms with Crippen LogP contribution in [-0.2, 0) is 5.41 Å². The number of aromatic nitrogens is 2. The lowest BCUT2D eigenvalue weighted by Gasteiger charge is -2.38. The molecule has 2 aromatic heterocycles. The van der Waals surface area contributed by atoms with Crippen molar-refractivity contribution < 1.29 is 4.79 Å². The topological polar surface area (TPSA) is 49.0 Å². The number of aromatic amines is 1. The van der Waals surface area contributed by atoms with Gasteiger partial charge in [-0.3, -0.25) is 4.79 Å². The Kier molecular flexibility index (Phi) is 3.40. The van der Waals surface area contributed by atoms with Crippen LogP contribution in [0.2, 0.25) is 0 Å². The average Bonchev–Trinajstić information content (AvgIpc) is 3.42. The van der Waals surface area contributed by atoms with E-state index in [-0.39, 0.29) is 5.41 Å². The number of hydrogen-bond acceptors (Lipinski definition) is 3. The van der Waals surface area contributed by atoms with Gasteiger partial charge in [0.15, 0.2) is 5.78 Å². The van der Waals surface area contributed by atoms with Crippen molar-refractivity contribution in [3.05, 3.63) is 53.3 Å². The standard InChI is InChI=1S/C24H25N3O/c1-27-10-8-24(9-11-27)13-22(28)18-5-4-16(12-20(18)24)19-14-25-23-17(19)6-7-21(26-23)15-2-3-15/h4-7,12,14-15H,2-3,8-11,13H2,1H3,(H,25,26). The van der Waals surface area contributed by atoms with Crippen LogP contribution in [0.5, 0.6) is 0 Å². The Bertz CT molecular complexity index is 1100. The van der Waals surface area contributed by atoms with Gasteiger partial charge in [-0.2, -0.15) is 0 Å². The lowest BCUT2D eigenvalue weighted by molar-refractivity contribution is 0.0945. The second-order valence-electron chi connectivity index (χ2n) is 9.05. The summed E-state index contributed by atoms with van der Waals surface area (Å²) in [4.78, 5) is 23.3. The van der Waals surface area contributed by atoms with Crippen molar-refractivity contribution in [3.8, 4) is 11.1 Å². The molecular weight excluding hydrogens is 346 g/mol. The molecule has 4 heteroatoms. The summed E-state index contributed by atoms with van der Waals surface area (Å²) in [5.41, 5.74) is 6.84. The number of fused-ring (bicyclic) bond motifs is 3. The SMILES string of the molecule is CN1CCC2(CC1)CC(=O)c1ccc(-c3c[nH]c4nc(C5CC5)ccc34)cc12. The highest BCUT2D eigenvalue weighted by molar-refractivity contribution is 6.03. The van der Waals surface area contributed by atoms with Gasteiger partial charge < -0.3 is 9.88 Å². The quantitative estimate of drug-likeness (QED) is 0.713. The van der Waals surface area contributed by atoms with Crippen LogP contribution in [0.1, 0.15) is 59.6 Å². The molecule has 6 rings (SSSR count).